The summed E-state index contributed by atoms with van der Waals surface area (Å²) in [7, 11) is 3.52. The summed E-state index contributed by atoms with van der Waals surface area (Å²) in [5.41, 5.74) is 3.40. The molecular formula is C27H32FN3O3. The van der Waals surface area contributed by atoms with Gasteiger partial charge in [0.1, 0.15) is 24.2 Å². The molecule has 6 nitrogen and oxygen atoms in total. The first-order valence-electron chi connectivity index (χ1n) is 11.4. The van der Waals surface area contributed by atoms with Gasteiger partial charge < -0.3 is 19.9 Å². The quantitative estimate of drug-likeness (QED) is 0.486. The van der Waals surface area contributed by atoms with Crippen molar-refractivity contribution in [3.63, 3.8) is 0 Å². The fraction of sp³-hybridized carbons (Fsp3) is 0.333. The third kappa shape index (κ3) is 5.65. The minimum Gasteiger partial charge on any atom is -0.489 e. The Hall–Kier alpha value is -3.61. The van der Waals surface area contributed by atoms with E-state index in [1.54, 1.807) is 37.4 Å². The second kappa shape index (κ2) is 11.0. The summed E-state index contributed by atoms with van der Waals surface area (Å²) < 4.78 is 19.9. The first-order valence-corrected chi connectivity index (χ1v) is 11.4. The number of hydrogen-bond acceptors (Lipinski definition) is 4. The molecule has 0 aliphatic carbocycles. The predicted molar refractivity (Wildman–Crippen MR) is 132 cm³/mol. The number of anilines is 1. The second-order valence-electron chi connectivity index (χ2n) is 8.48. The van der Waals surface area contributed by atoms with Gasteiger partial charge in [0.25, 0.3) is 11.8 Å². The van der Waals surface area contributed by atoms with E-state index in [0.717, 1.165) is 11.3 Å². The van der Waals surface area contributed by atoms with Crippen LogP contribution in [0.3, 0.4) is 0 Å². The molecule has 0 fully saturated rings. The Labute approximate surface area is 200 Å². The zero-order valence-electron chi connectivity index (χ0n) is 20.4. The lowest BCUT2D eigenvalue weighted by atomic mass is 10.0. The first-order chi connectivity index (χ1) is 16.2. The summed E-state index contributed by atoms with van der Waals surface area (Å²) in [6, 6.07) is 13.1. The molecular weight excluding hydrogens is 433 g/mol. The predicted octanol–water partition coefficient (Wildman–Crippen LogP) is 4.43. The van der Waals surface area contributed by atoms with Gasteiger partial charge in [-0.2, -0.15) is 0 Å². The number of carbonyl (C=O) groups is 2. The number of para-hydroxylation sites is 2. The molecule has 1 aliphatic rings. The van der Waals surface area contributed by atoms with Crippen molar-refractivity contribution in [2.24, 2.45) is 0 Å². The molecule has 0 spiro atoms. The number of rotatable bonds is 7. The highest BCUT2D eigenvalue weighted by Gasteiger charge is 2.31. The molecule has 2 aromatic rings. The van der Waals surface area contributed by atoms with Crippen LogP contribution in [-0.2, 0) is 16.1 Å². The number of benzene rings is 2. The van der Waals surface area contributed by atoms with E-state index in [1.165, 1.54) is 11.0 Å². The number of halogens is 1. The number of nitrogens with zero attached hydrogens (tertiary/aromatic N) is 2. The molecule has 1 N–H and O–H groups in total. The van der Waals surface area contributed by atoms with Crippen LogP contribution in [0.5, 0.6) is 5.75 Å². The minimum atomic E-state index is -0.825. The van der Waals surface area contributed by atoms with Crippen LogP contribution >= 0.6 is 0 Å². The number of nitrogens with one attached hydrogen (secondary N) is 1. The molecule has 180 valence electrons. The summed E-state index contributed by atoms with van der Waals surface area (Å²) in [5, 5.41) is 2.86. The maximum atomic E-state index is 14.1. The average Bonchev–Trinajstić information content (AvgIpc) is 2.95. The topological polar surface area (TPSA) is 61.9 Å². The third-order valence-corrected chi connectivity index (χ3v) is 6.12. The SMILES string of the molecule is CC/C(C)=C(/C=C(/C)N(C)Cc1ccccc1F)C(=O)N[C@H]1COc2ccccc2N(C)C1=O. The van der Waals surface area contributed by atoms with E-state index >= 15 is 0 Å². The number of ether oxygens (including phenoxy) is 1. The molecule has 0 radical (unpaired) electrons. The summed E-state index contributed by atoms with van der Waals surface area (Å²) in [4.78, 5) is 29.7. The van der Waals surface area contributed by atoms with Gasteiger partial charge in [0, 0.05) is 37.5 Å². The van der Waals surface area contributed by atoms with E-state index in [-0.39, 0.29) is 24.2 Å². The van der Waals surface area contributed by atoms with E-state index in [2.05, 4.69) is 5.32 Å². The molecule has 3 rings (SSSR count). The largest absolute Gasteiger partial charge is 0.489 e. The average molecular weight is 466 g/mol. The summed E-state index contributed by atoms with van der Waals surface area (Å²) >= 11 is 0. The normalized spacial score (nSPS) is 16.8. The maximum Gasteiger partial charge on any atom is 0.252 e. The van der Waals surface area contributed by atoms with Crippen molar-refractivity contribution >= 4 is 17.5 Å². The Bertz CT molecular complexity index is 1130. The highest BCUT2D eigenvalue weighted by atomic mass is 19.1. The number of hydrogen-bond donors (Lipinski definition) is 1. The minimum absolute atomic E-state index is 0.0419. The van der Waals surface area contributed by atoms with Crippen molar-refractivity contribution in [3.05, 3.63) is 82.8 Å². The number of likely N-dealkylation sites (N-methyl/N-ethyl adjacent to an activating group) is 1. The van der Waals surface area contributed by atoms with E-state index in [4.69, 9.17) is 4.74 Å². The standard InChI is InChI=1S/C27H32FN3O3/c1-6-18(2)21(15-19(3)30(4)16-20-11-7-8-12-22(20)28)26(32)29-23-17-34-25-14-10-9-13-24(25)31(5)27(23)33/h7-15,23H,6,16-17H2,1-5H3,(H,29,32)/b19-15-,21-18-/t23-/m0/s1. The van der Waals surface area contributed by atoms with Crippen LogP contribution in [0.4, 0.5) is 10.1 Å². The summed E-state index contributed by atoms with van der Waals surface area (Å²) in [6.07, 6.45) is 2.46. The Balaban J connectivity index is 1.78. The van der Waals surface area contributed by atoms with Crippen molar-refractivity contribution in [1.82, 2.24) is 10.2 Å². The molecule has 2 amide bonds. The maximum absolute atomic E-state index is 14.1. The van der Waals surface area contributed by atoms with Gasteiger partial charge in [-0.25, -0.2) is 4.39 Å². The van der Waals surface area contributed by atoms with E-state index in [1.807, 2.05) is 50.9 Å². The van der Waals surface area contributed by atoms with Gasteiger partial charge in [-0.15, -0.1) is 0 Å². The second-order valence-corrected chi connectivity index (χ2v) is 8.48. The highest BCUT2D eigenvalue weighted by Crippen LogP contribution is 2.30. The van der Waals surface area contributed by atoms with Gasteiger partial charge in [0.05, 0.1) is 5.69 Å². The van der Waals surface area contributed by atoms with Crippen LogP contribution in [0.1, 0.15) is 32.8 Å². The third-order valence-electron chi connectivity index (χ3n) is 6.12. The molecule has 34 heavy (non-hydrogen) atoms. The van der Waals surface area contributed by atoms with Gasteiger partial charge in [-0.05, 0) is 44.5 Å². The Kier molecular flexibility index (Phi) is 8.10. The van der Waals surface area contributed by atoms with Crippen molar-refractivity contribution in [2.75, 3.05) is 25.6 Å². The lowest BCUT2D eigenvalue weighted by Crippen LogP contribution is -2.49. The number of carbonyl (C=O) groups excluding carboxylic acids is 2. The van der Waals surface area contributed by atoms with Crippen LogP contribution in [0.15, 0.2) is 71.5 Å². The molecule has 0 saturated heterocycles. The number of allylic oxidation sites excluding steroid dienone is 2. The lowest BCUT2D eigenvalue weighted by Gasteiger charge is -2.23. The first kappa shape index (κ1) is 25.0. The van der Waals surface area contributed by atoms with Crippen molar-refractivity contribution in [1.29, 1.82) is 0 Å². The fourth-order valence-electron chi connectivity index (χ4n) is 3.69. The lowest BCUT2D eigenvalue weighted by molar-refractivity contribution is -0.125. The smallest absolute Gasteiger partial charge is 0.252 e. The molecule has 2 aromatic carbocycles. The van der Waals surface area contributed by atoms with Crippen molar-refractivity contribution in [2.45, 2.75) is 39.8 Å². The fourth-order valence-corrected chi connectivity index (χ4v) is 3.69. The van der Waals surface area contributed by atoms with E-state index in [0.29, 0.717) is 35.5 Å². The summed E-state index contributed by atoms with van der Waals surface area (Å²) in [5.74, 6) is -0.262. The van der Waals surface area contributed by atoms with Gasteiger partial charge >= 0.3 is 0 Å². The Morgan fingerprint density at radius 2 is 1.88 bits per heavy atom. The van der Waals surface area contributed by atoms with Crippen LogP contribution in [0.25, 0.3) is 0 Å². The van der Waals surface area contributed by atoms with E-state index < -0.39 is 6.04 Å². The van der Waals surface area contributed by atoms with Crippen LogP contribution < -0.4 is 15.0 Å². The van der Waals surface area contributed by atoms with E-state index in [9.17, 15) is 14.0 Å². The van der Waals surface area contributed by atoms with Gasteiger partial charge in [0.2, 0.25) is 0 Å². The van der Waals surface area contributed by atoms with Crippen LogP contribution in [-0.4, -0.2) is 43.5 Å². The van der Waals surface area contributed by atoms with Crippen molar-refractivity contribution in [3.8, 4) is 5.75 Å². The number of fused-ring (bicyclic) bond motifs is 1. The Morgan fingerprint density at radius 1 is 1.21 bits per heavy atom. The Morgan fingerprint density at radius 3 is 2.59 bits per heavy atom. The van der Waals surface area contributed by atoms with Crippen LogP contribution in [0, 0.1) is 5.82 Å². The molecule has 0 unspecified atom stereocenters. The molecule has 7 heteroatoms. The summed E-state index contributed by atoms with van der Waals surface area (Å²) in [6.45, 7) is 6.15. The molecule has 1 heterocycles. The van der Waals surface area contributed by atoms with Crippen LogP contribution in [0.2, 0.25) is 0 Å². The van der Waals surface area contributed by atoms with Crippen molar-refractivity contribution < 1.29 is 18.7 Å². The van der Waals surface area contributed by atoms with Gasteiger partial charge in [0.15, 0.2) is 0 Å². The zero-order valence-corrected chi connectivity index (χ0v) is 20.4. The molecule has 1 aliphatic heterocycles. The van der Waals surface area contributed by atoms with Gasteiger partial charge in [-0.3, -0.25) is 9.59 Å². The molecule has 0 aromatic heterocycles. The van der Waals surface area contributed by atoms with Gasteiger partial charge in [-0.1, -0.05) is 42.8 Å². The highest BCUT2D eigenvalue weighted by molar-refractivity contribution is 6.04. The monoisotopic (exact) mass is 465 g/mol. The number of amides is 2. The zero-order chi connectivity index (χ0) is 24.8. The molecule has 0 saturated carbocycles. The molecule has 1 atom stereocenters. The molecule has 0 bridgehead atoms.